The van der Waals surface area contributed by atoms with Crippen molar-refractivity contribution in [3.05, 3.63) is 59.2 Å². The summed E-state index contributed by atoms with van der Waals surface area (Å²) in [4.78, 5) is 4.29. The standard InChI is InChI=1S/C16H13ClN2O/c1-10-8-11(17)6-7-15(10)20-16-12-4-2-3-5-14(12)19-9-13(16)18/h2-9H,18H2,1H3. The van der Waals surface area contributed by atoms with Gasteiger partial charge in [0.1, 0.15) is 5.75 Å². The molecule has 3 rings (SSSR count). The van der Waals surface area contributed by atoms with Crippen LogP contribution in [0, 0.1) is 6.92 Å². The number of para-hydroxylation sites is 1. The number of anilines is 1. The highest BCUT2D eigenvalue weighted by atomic mass is 35.5. The zero-order valence-corrected chi connectivity index (χ0v) is 11.7. The molecule has 2 aromatic carbocycles. The summed E-state index contributed by atoms with van der Waals surface area (Å²) >= 11 is 5.96. The summed E-state index contributed by atoms with van der Waals surface area (Å²) in [5, 5.41) is 1.57. The van der Waals surface area contributed by atoms with Crippen LogP contribution in [0.15, 0.2) is 48.7 Å². The smallest absolute Gasteiger partial charge is 0.161 e. The molecule has 1 heterocycles. The number of nitrogens with two attached hydrogens (primary N) is 1. The van der Waals surface area contributed by atoms with Crippen LogP contribution in [0.25, 0.3) is 10.9 Å². The molecule has 0 bridgehead atoms. The monoisotopic (exact) mass is 284 g/mol. The molecule has 0 aliphatic heterocycles. The molecule has 0 radical (unpaired) electrons. The number of halogens is 1. The maximum absolute atomic E-state index is 6.00. The topological polar surface area (TPSA) is 48.1 Å². The Morgan fingerprint density at radius 1 is 1.15 bits per heavy atom. The fourth-order valence-electron chi connectivity index (χ4n) is 2.08. The first kappa shape index (κ1) is 12.8. The zero-order chi connectivity index (χ0) is 14.1. The van der Waals surface area contributed by atoms with Crippen LogP contribution in [0.5, 0.6) is 11.5 Å². The molecule has 4 heteroatoms. The lowest BCUT2D eigenvalue weighted by atomic mass is 10.2. The summed E-state index contributed by atoms with van der Waals surface area (Å²) in [5.41, 5.74) is 8.32. The number of aryl methyl sites for hydroxylation is 1. The molecule has 2 N–H and O–H groups in total. The van der Waals surface area contributed by atoms with Crippen LogP contribution in [0.2, 0.25) is 5.02 Å². The van der Waals surface area contributed by atoms with Gasteiger partial charge in [0.15, 0.2) is 5.75 Å². The largest absolute Gasteiger partial charge is 0.454 e. The highest BCUT2D eigenvalue weighted by Crippen LogP contribution is 2.35. The first-order chi connectivity index (χ1) is 9.65. The van der Waals surface area contributed by atoms with Gasteiger partial charge in [-0.2, -0.15) is 0 Å². The van der Waals surface area contributed by atoms with Crippen molar-refractivity contribution in [2.45, 2.75) is 6.92 Å². The van der Waals surface area contributed by atoms with E-state index in [2.05, 4.69) is 4.98 Å². The zero-order valence-electron chi connectivity index (χ0n) is 10.9. The Labute approximate surface area is 122 Å². The van der Waals surface area contributed by atoms with Crippen LogP contribution in [-0.4, -0.2) is 4.98 Å². The number of fused-ring (bicyclic) bond motifs is 1. The number of benzene rings is 2. The van der Waals surface area contributed by atoms with Crippen molar-refractivity contribution in [2.75, 3.05) is 5.73 Å². The van der Waals surface area contributed by atoms with Gasteiger partial charge < -0.3 is 10.5 Å². The van der Waals surface area contributed by atoms with E-state index in [-0.39, 0.29) is 0 Å². The van der Waals surface area contributed by atoms with Gasteiger partial charge in [0, 0.05) is 10.4 Å². The van der Waals surface area contributed by atoms with Crippen LogP contribution in [0.4, 0.5) is 5.69 Å². The molecule has 0 fully saturated rings. The van der Waals surface area contributed by atoms with Crippen LogP contribution >= 0.6 is 11.6 Å². The molecule has 0 atom stereocenters. The predicted molar refractivity (Wildman–Crippen MR) is 82.4 cm³/mol. The van der Waals surface area contributed by atoms with Crippen molar-refractivity contribution >= 4 is 28.2 Å². The SMILES string of the molecule is Cc1cc(Cl)ccc1Oc1c(N)cnc2ccccc12. The van der Waals surface area contributed by atoms with Crippen LogP contribution in [0.1, 0.15) is 5.56 Å². The molecule has 20 heavy (non-hydrogen) atoms. The average molecular weight is 285 g/mol. The maximum atomic E-state index is 6.00. The average Bonchev–Trinajstić information content (AvgIpc) is 2.44. The van der Waals surface area contributed by atoms with E-state index in [0.717, 1.165) is 22.2 Å². The highest BCUT2D eigenvalue weighted by molar-refractivity contribution is 6.30. The molecule has 100 valence electrons. The minimum Gasteiger partial charge on any atom is -0.454 e. The Morgan fingerprint density at radius 3 is 2.75 bits per heavy atom. The molecule has 3 nitrogen and oxygen atoms in total. The van der Waals surface area contributed by atoms with E-state index in [9.17, 15) is 0 Å². The number of pyridine rings is 1. The lowest BCUT2D eigenvalue weighted by molar-refractivity contribution is 0.486. The first-order valence-electron chi connectivity index (χ1n) is 6.22. The van der Waals surface area contributed by atoms with Gasteiger partial charge >= 0.3 is 0 Å². The van der Waals surface area contributed by atoms with Gasteiger partial charge in [0.2, 0.25) is 0 Å². The van der Waals surface area contributed by atoms with Crippen molar-refractivity contribution in [2.24, 2.45) is 0 Å². The van der Waals surface area contributed by atoms with Gasteiger partial charge in [-0.15, -0.1) is 0 Å². The van der Waals surface area contributed by atoms with E-state index in [1.807, 2.05) is 43.3 Å². The minimum absolute atomic E-state index is 0.512. The van der Waals surface area contributed by atoms with Gasteiger partial charge in [-0.3, -0.25) is 4.98 Å². The summed E-state index contributed by atoms with van der Waals surface area (Å²) < 4.78 is 5.98. The molecule has 1 aromatic heterocycles. The number of nitrogens with zero attached hydrogens (tertiary/aromatic N) is 1. The van der Waals surface area contributed by atoms with Crippen molar-refractivity contribution in [1.82, 2.24) is 4.98 Å². The second-order valence-electron chi connectivity index (χ2n) is 4.57. The van der Waals surface area contributed by atoms with E-state index in [1.54, 1.807) is 12.3 Å². The van der Waals surface area contributed by atoms with Crippen molar-refractivity contribution < 1.29 is 4.74 Å². The lowest BCUT2D eigenvalue weighted by Crippen LogP contribution is -1.96. The molecule has 0 saturated carbocycles. The Balaban J connectivity index is 2.12. The number of nitrogen functional groups attached to an aromatic ring is 1. The van der Waals surface area contributed by atoms with E-state index < -0.39 is 0 Å². The van der Waals surface area contributed by atoms with Crippen LogP contribution in [0.3, 0.4) is 0 Å². The van der Waals surface area contributed by atoms with Gasteiger partial charge in [-0.05, 0) is 42.8 Å². The molecule has 0 spiro atoms. The minimum atomic E-state index is 0.512. The van der Waals surface area contributed by atoms with Gasteiger partial charge in [-0.1, -0.05) is 23.7 Å². The summed E-state index contributed by atoms with van der Waals surface area (Å²) in [6.45, 7) is 1.95. The molecule has 0 unspecified atom stereocenters. The van der Waals surface area contributed by atoms with E-state index in [0.29, 0.717) is 16.5 Å². The number of hydrogen-bond acceptors (Lipinski definition) is 3. The Bertz CT molecular complexity index is 787. The second kappa shape index (κ2) is 5.02. The summed E-state index contributed by atoms with van der Waals surface area (Å²) in [6, 6.07) is 13.2. The fraction of sp³-hybridized carbons (Fsp3) is 0.0625. The second-order valence-corrected chi connectivity index (χ2v) is 5.01. The summed E-state index contributed by atoms with van der Waals surface area (Å²) in [5.74, 6) is 1.36. The molecular formula is C16H13ClN2O. The Morgan fingerprint density at radius 2 is 1.95 bits per heavy atom. The third-order valence-electron chi connectivity index (χ3n) is 3.10. The van der Waals surface area contributed by atoms with Gasteiger partial charge in [0.25, 0.3) is 0 Å². The number of aromatic nitrogens is 1. The maximum Gasteiger partial charge on any atom is 0.161 e. The highest BCUT2D eigenvalue weighted by Gasteiger charge is 2.10. The predicted octanol–water partition coefficient (Wildman–Crippen LogP) is 4.57. The lowest BCUT2D eigenvalue weighted by Gasteiger charge is -2.13. The van der Waals surface area contributed by atoms with Crippen molar-refractivity contribution in [3.63, 3.8) is 0 Å². The summed E-state index contributed by atoms with van der Waals surface area (Å²) in [7, 11) is 0. The molecule has 0 aliphatic rings. The number of ether oxygens (including phenoxy) is 1. The quantitative estimate of drug-likeness (QED) is 0.750. The fourth-order valence-corrected chi connectivity index (χ4v) is 2.31. The molecule has 3 aromatic rings. The Kier molecular flexibility index (Phi) is 3.20. The van der Waals surface area contributed by atoms with E-state index >= 15 is 0 Å². The third kappa shape index (κ3) is 2.28. The summed E-state index contributed by atoms with van der Waals surface area (Å²) in [6.07, 6.45) is 1.61. The molecule has 0 saturated heterocycles. The normalized spacial score (nSPS) is 10.7. The van der Waals surface area contributed by atoms with Gasteiger partial charge in [-0.25, -0.2) is 0 Å². The van der Waals surface area contributed by atoms with Crippen molar-refractivity contribution in [3.8, 4) is 11.5 Å². The van der Waals surface area contributed by atoms with Crippen molar-refractivity contribution in [1.29, 1.82) is 0 Å². The molecular weight excluding hydrogens is 272 g/mol. The van der Waals surface area contributed by atoms with E-state index in [4.69, 9.17) is 22.1 Å². The molecule has 0 amide bonds. The van der Waals surface area contributed by atoms with Crippen LogP contribution < -0.4 is 10.5 Å². The first-order valence-corrected chi connectivity index (χ1v) is 6.60. The Hall–Kier alpha value is -2.26. The third-order valence-corrected chi connectivity index (χ3v) is 3.34. The molecule has 0 aliphatic carbocycles. The van der Waals surface area contributed by atoms with E-state index in [1.165, 1.54) is 0 Å². The van der Waals surface area contributed by atoms with Gasteiger partial charge in [0.05, 0.1) is 17.4 Å². The van der Waals surface area contributed by atoms with Crippen LogP contribution in [-0.2, 0) is 0 Å². The number of rotatable bonds is 2. The number of hydrogen-bond donors (Lipinski definition) is 1.